The number of piperidine rings is 1. The summed E-state index contributed by atoms with van der Waals surface area (Å²) in [7, 11) is -3.67. The minimum absolute atomic E-state index is 0.0660. The highest BCUT2D eigenvalue weighted by molar-refractivity contribution is 7.89. The van der Waals surface area contributed by atoms with E-state index >= 15 is 4.39 Å². The molecule has 0 aromatic heterocycles. The van der Waals surface area contributed by atoms with Crippen LogP contribution in [0.1, 0.15) is 40.0 Å². The molecule has 0 aliphatic carbocycles. The van der Waals surface area contributed by atoms with Crippen LogP contribution in [0.2, 0.25) is 0 Å². The Morgan fingerprint density at radius 2 is 1.92 bits per heavy atom. The molecule has 2 N–H and O–H groups in total. The molecule has 8 nitrogen and oxygen atoms in total. The van der Waals surface area contributed by atoms with Gasteiger partial charge < -0.3 is 14.5 Å². The molecule has 2 heterocycles. The van der Waals surface area contributed by atoms with Gasteiger partial charge in [-0.15, -0.1) is 0 Å². The lowest BCUT2D eigenvalue weighted by molar-refractivity contribution is -0.130. The highest BCUT2D eigenvalue weighted by atomic mass is 32.2. The fourth-order valence-electron chi connectivity index (χ4n) is 3.36. The van der Waals surface area contributed by atoms with E-state index in [2.05, 4.69) is 0 Å². The molecule has 10 heteroatoms. The number of nitrogens with zero attached hydrogens (tertiary/aromatic N) is 2. The maximum Gasteiger partial charge on any atom is 0.410 e. The summed E-state index contributed by atoms with van der Waals surface area (Å²) in [6.07, 6.45) is -0.188. The summed E-state index contributed by atoms with van der Waals surface area (Å²) >= 11 is 0. The van der Waals surface area contributed by atoms with Crippen molar-refractivity contribution in [1.29, 1.82) is 0 Å². The maximum atomic E-state index is 15.1. The Balaban J connectivity index is 1.87. The van der Waals surface area contributed by atoms with Gasteiger partial charge in [-0.1, -0.05) is 0 Å². The highest BCUT2D eigenvalue weighted by Gasteiger charge is 2.42. The summed E-state index contributed by atoms with van der Waals surface area (Å²) in [6, 6.07) is 0. The number of rotatable bonds is 4. The largest absolute Gasteiger partial charge is 0.444 e. The molecule has 0 saturated carbocycles. The number of hydrogen-bond donors (Lipinski definition) is 1. The van der Waals surface area contributed by atoms with Crippen LogP contribution in [0.4, 0.5) is 9.18 Å². The van der Waals surface area contributed by atoms with Crippen LogP contribution >= 0.6 is 0 Å². The van der Waals surface area contributed by atoms with Crippen molar-refractivity contribution in [3.05, 3.63) is 0 Å². The molecule has 0 spiro atoms. The summed E-state index contributed by atoms with van der Waals surface area (Å²) in [5.74, 6) is -0.936. The monoisotopic (exact) mass is 393 g/mol. The number of alkyl halides is 1. The number of likely N-dealkylation sites (tertiary alicyclic amines) is 2. The first-order valence-corrected chi connectivity index (χ1v) is 10.4. The van der Waals surface area contributed by atoms with Gasteiger partial charge in [0.2, 0.25) is 15.9 Å². The van der Waals surface area contributed by atoms with E-state index in [0.717, 1.165) is 0 Å². The molecule has 0 aromatic carbocycles. The van der Waals surface area contributed by atoms with Crippen molar-refractivity contribution in [2.24, 2.45) is 11.1 Å². The highest BCUT2D eigenvalue weighted by Crippen LogP contribution is 2.31. The molecule has 150 valence electrons. The van der Waals surface area contributed by atoms with Crippen molar-refractivity contribution in [2.75, 3.05) is 31.9 Å². The minimum atomic E-state index is -3.67. The number of primary sulfonamides is 1. The number of nitrogens with two attached hydrogens (primary N) is 1. The first-order chi connectivity index (χ1) is 11.8. The van der Waals surface area contributed by atoms with E-state index in [1.807, 2.05) is 0 Å². The molecular weight excluding hydrogens is 365 g/mol. The van der Waals surface area contributed by atoms with E-state index in [-0.39, 0.29) is 57.1 Å². The Morgan fingerprint density at radius 1 is 1.35 bits per heavy atom. The number of ether oxygens (including phenoxy) is 1. The van der Waals surface area contributed by atoms with Gasteiger partial charge in [-0.3, -0.25) is 4.79 Å². The molecule has 0 radical (unpaired) electrons. The van der Waals surface area contributed by atoms with Crippen LogP contribution < -0.4 is 5.14 Å². The lowest BCUT2D eigenvalue weighted by Gasteiger charge is -2.38. The zero-order chi connectivity index (χ0) is 19.8. The third kappa shape index (κ3) is 6.08. The van der Waals surface area contributed by atoms with Gasteiger partial charge in [0.1, 0.15) is 11.3 Å². The van der Waals surface area contributed by atoms with Crippen LogP contribution in [0, 0.1) is 5.92 Å². The third-order valence-electron chi connectivity index (χ3n) is 4.55. The van der Waals surface area contributed by atoms with Crippen molar-refractivity contribution in [2.45, 2.75) is 51.3 Å². The van der Waals surface area contributed by atoms with Crippen molar-refractivity contribution in [1.82, 2.24) is 9.80 Å². The third-order valence-corrected chi connectivity index (χ3v) is 5.48. The Labute approximate surface area is 153 Å². The summed E-state index contributed by atoms with van der Waals surface area (Å²) < 4.78 is 42.8. The van der Waals surface area contributed by atoms with Gasteiger partial charge >= 0.3 is 6.09 Å². The van der Waals surface area contributed by atoms with Crippen LogP contribution in [0.3, 0.4) is 0 Å². The molecule has 2 rings (SSSR count). The summed E-state index contributed by atoms with van der Waals surface area (Å²) in [5, 5.41) is 5.02. The number of carbonyl (C=O) groups is 2. The van der Waals surface area contributed by atoms with Gasteiger partial charge in [0.05, 0.1) is 12.3 Å². The quantitative estimate of drug-likeness (QED) is 0.762. The van der Waals surface area contributed by atoms with E-state index in [9.17, 15) is 18.0 Å². The SMILES string of the molecule is CC(C)(C)OC(=O)N1CCC(F)(CN2CC(CS(N)(=O)=O)CC2=O)CC1. The van der Waals surface area contributed by atoms with Gasteiger partial charge in [-0.25, -0.2) is 22.7 Å². The molecule has 2 aliphatic rings. The van der Waals surface area contributed by atoms with Crippen LogP contribution in [-0.2, 0) is 19.6 Å². The lowest BCUT2D eigenvalue weighted by Crippen LogP contribution is -2.51. The van der Waals surface area contributed by atoms with E-state index in [0.29, 0.717) is 0 Å². The molecule has 2 aliphatic heterocycles. The molecule has 2 amide bonds. The van der Waals surface area contributed by atoms with Crippen molar-refractivity contribution >= 4 is 22.0 Å². The van der Waals surface area contributed by atoms with Crippen LogP contribution in [0.5, 0.6) is 0 Å². The fraction of sp³-hybridized carbons (Fsp3) is 0.875. The van der Waals surface area contributed by atoms with E-state index in [1.54, 1.807) is 20.8 Å². The van der Waals surface area contributed by atoms with Crippen LogP contribution in [-0.4, -0.2) is 73.4 Å². The number of amides is 2. The van der Waals surface area contributed by atoms with Crippen LogP contribution in [0.15, 0.2) is 0 Å². The fourth-order valence-corrected chi connectivity index (χ4v) is 4.24. The second-order valence-corrected chi connectivity index (χ2v) is 9.95. The summed E-state index contributed by atoms with van der Waals surface area (Å²) in [6.45, 7) is 5.84. The van der Waals surface area contributed by atoms with Gasteiger partial charge in [0.25, 0.3) is 0 Å². The first-order valence-electron chi connectivity index (χ1n) is 8.71. The Hall–Kier alpha value is -1.42. The van der Waals surface area contributed by atoms with Gasteiger partial charge in [-0.2, -0.15) is 0 Å². The average Bonchev–Trinajstić information content (AvgIpc) is 2.74. The number of carbonyl (C=O) groups excluding carboxylic acids is 2. The van der Waals surface area contributed by atoms with Gasteiger partial charge in [-0.05, 0) is 20.8 Å². The predicted molar refractivity (Wildman–Crippen MR) is 93.5 cm³/mol. The Morgan fingerprint density at radius 3 is 2.42 bits per heavy atom. The minimum Gasteiger partial charge on any atom is -0.444 e. The molecule has 0 bridgehead atoms. The molecule has 0 aromatic rings. The number of hydrogen-bond acceptors (Lipinski definition) is 5. The molecular formula is C16H28FN3O5S. The second kappa shape index (κ2) is 7.30. The smallest absolute Gasteiger partial charge is 0.410 e. The van der Waals surface area contributed by atoms with Crippen molar-refractivity contribution < 1.29 is 27.1 Å². The zero-order valence-corrected chi connectivity index (χ0v) is 16.3. The summed E-state index contributed by atoms with van der Waals surface area (Å²) in [4.78, 5) is 26.9. The van der Waals surface area contributed by atoms with E-state index < -0.39 is 33.3 Å². The van der Waals surface area contributed by atoms with Crippen molar-refractivity contribution in [3.8, 4) is 0 Å². The zero-order valence-electron chi connectivity index (χ0n) is 15.5. The van der Waals surface area contributed by atoms with Crippen molar-refractivity contribution in [3.63, 3.8) is 0 Å². The van der Waals surface area contributed by atoms with E-state index in [1.165, 1.54) is 9.80 Å². The Bertz CT molecular complexity index is 653. The first kappa shape index (κ1) is 20.9. The Kier molecular flexibility index (Phi) is 5.86. The molecule has 2 saturated heterocycles. The second-order valence-electron chi connectivity index (χ2n) is 8.29. The van der Waals surface area contributed by atoms with Crippen LogP contribution in [0.25, 0.3) is 0 Å². The predicted octanol–water partition coefficient (Wildman–Crippen LogP) is 0.863. The van der Waals surface area contributed by atoms with Gasteiger partial charge in [0, 0.05) is 44.8 Å². The maximum absolute atomic E-state index is 15.1. The molecule has 1 unspecified atom stereocenters. The van der Waals surface area contributed by atoms with Gasteiger partial charge in [0.15, 0.2) is 0 Å². The molecule has 2 fully saturated rings. The number of halogens is 1. The van der Waals surface area contributed by atoms with E-state index in [4.69, 9.17) is 9.88 Å². The normalized spacial score (nSPS) is 24.0. The number of sulfonamides is 1. The lowest BCUT2D eigenvalue weighted by atomic mass is 9.93. The summed E-state index contributed by atoms with van der Waals surface area (Å²) in [5.41, 5.74) is -2.20. The topological polar surface area (TPSA) is 110 Å². The standard InChI is InChI=1S/C16H28FN3O5S/c1-15(2,3)25-14(22)19-6-4-16(17,5-7-19)11-20-9-12(8-13(20)21)10-26(18,23)24/h12H,4-11H2,1-3H3,(H2,18,23,24). The average molecular weight is 393 g/mol. The molecule has 26 heavy (non-hydrogen) atoms. The molecule has 1 atom stereocenters.